The van der Waals surface area contributed by atoms with Crippen molar-refractivity contribution in [2.24, 2.45) is 0 Å². The molecule has 0 atom stereocenters. The quantitative estimate of drug-likeness (QED) is 0.469. The Labute approximate surface area is 158 Å². The predicted octanol–water partition coefficient (Wildman–Crippen LogP) is 4.14. The summed E-state index contributed by atoms with van der Waals surface area (Å²) in [6.07, 6.45) is 2.78. The molecule has 1 amide bonds. The molecule has 0 bridgehead atoms. The molecule has 0 aliphatic heterocycles. The fraction of sp³-hybridized carbons (Fsp3) is 0.300. The van der Waals surface area contributed by atoms with Gasteiger partial charge in [-0.2, -0.15) is 4.73 Å². The lowest BCUT2D eigenvalue weighted by Gasteiger charge is -2.17. The highest BCUT2D eigenvalue weighted by molar-refractivity contribution is 6.35. The lowest BCUT2D eigenvalue weighted by atomic mass is 10.0. The molecular formula is C20H23ClN2O3. The number of ether oxygens (including phenoxy) is 1. The first-order chi connectivity index (χ1) is 12.4. The number of benzene rings is 1. The van der Waals surface area contributed by atoms with E-state index in [1.807, 2.05) is 19.1 Å². The van der Waals surface area contributed by atoms with Gasteiger partial charge < -0.3 is 15.3 Å². The third kappa shape index (κ3) is 3.53. The number of aryl methyl sites for hydroxylation is 1. The summed E-state index contributed by atoms with van der Waals surface area (Å²) in [6.45, 7) is 8.95. The molecule has 0 saturated carbocycles. The van der Waals surface area contributed by atoms with E-state index in [9.17, 15) is 10.0 Å². The summed E-state index contributed by atoms with van der Waals surface area (Å²) in [5, 5.41) is 15.6. The second kappa shape index (κ2) is 8.23. The van der Waals surface area contributed by atoms with Crippen molar-refractivity contribution in [1.82, 2.24) is 0 Å². The number of rotatable bonds is 6. The van der Waals surface area contributed by atoms with Gasteiger partial charge in [-0.1, -0.05) is 36.7 Å². The van der Waals surface area contributed by atoms with E-state index >= 15 is 0 Å². The summed E-state index contributed by atoms with van der Waals surface area (Å²) in [7, 11) is 1.54. The summed E-state index contributed by atoms with van der Waals surface area (Å²) in [4.78, 5) is 13.0. The molecule has 0 fully saturated rings. The second-order valence-electron chi connectivity index (χ2n) is 5.93. The zero-order valence-electron chi connectivity index (χ0n) is 15.5. The number of carbonyl (C=O) groups excluding carboxylic acids is 1. The van der Waals surface area contributed by atoms with Gasteiger partial charge >= 0.3 is 0 Å². The Bertz CT molecular complexity index is 841. The Morgan fingerprint density at radius 2 is 2.08 bits per heavy atom. The van der Waals surface area contributed by atoms with Crippen LogP contribution in [0.1, 0.15) is 39.8 Å². The van der Waals surface area contributed by atoms with Crippen molar-refractivity contribution in [3.8, 4) is 5.75 Å². The van der Waals surface area contributed by atoms with Crippen LogP contribution in [-0.4, -0.2) is 13.0 Å². The number of hydrogen-bond donors (Lipinski definition) is 1. The van der Waals surface area contributed by atoms with Gasteiger partial charge in [0, 0.05) is 19.4 Å². The number of aromatic nitrogens is 1. The average molecular weight is 375 g/mol. The number of anilines is 1. The molecule has 0 aliphatic carbocycles. The van der Waals surface area contributed by atoms with Gasteiger partial charge in [0.2, 0.25) is 5.69 Å². The minimum Gasteiger partial charge on any atom is -0.618 e. The fourth-order valence-electron chi connectivity index (χ4n) is 2.95. The molecule has 26 heavy (non-hydrogen) atoms. The molecule has 1 aromatic heterocycles. The molecule has 138 valence electrons. The van der Waals surface area contributed by atoms with Gasteiger partial charge in [0.15, 0.2) is 5.69 Å². The van der Waals surface area contributed by atoms with Crippen LogP contribution < -0.4 is 14.8 Å². The van der Waals surface area contributed by atoms with Crippen LogP contribution in [0.25, 0.3) is 0 Å². The summed E-state index contributed by atoms with van der Waals surface area (Å²) in [5.41, 5.74) is 3.00. The maximum Gasteiger partial charge on any atom is 0.263 e. The normalized spacial score (nSPS) is 10.5. The number of allylic oxidation sites excluding steroid dienone is 1. The summed E-state index contributed by atoms with van der Waals surface area (Å²) >= 11 is 6.49. The molecule has 0 radical (unpaired) electrons. The monoisotopic (exact) mass is 374 g/mol. The molecule has 0 unspecified atom stereocenters. The molecule has 1 N–H and O–H groups in total. The molecule has 0 spiro atoms. The predicted molar refractivity (Wildman–Crippen MR) is 104 cm³/mol. The van der Waals surface area contributed by atoms with Gasteiger partial charge in [-0.15, -0.1) is 6.58 Å². The van der Waals surface area contributed by atoms with E-state index in [-0.39, 0.29) is 16.3 Å². The van der Waals surface area contributed by atoms with Crippen LogP contribution >= 0.6 is 11.6 Å². The third-order valence-corrected chi connectivity index (χ3v) is 4.84. The number of methoxy groups -OCH3 is 1. The number of carbonyl (C=O) groups is 1. The maximum atomic E-state index is 13.0. The van der Waals surface area contributed by atoms with Crippen molar-refractivity contribution in [2.75, 3.05) is 12.4 Å². The molecule has 6 heteroatoms. The van der Waals surface area contributed by atoms with Gasteiger partial charge in [0.1, 0.15) is 11.3 Å². The molecule has 1 heterocycles. The Hall–Kier alpha value is -2.53. The van der Waals surface area contributed by atoms with Crippen LogP contribution in [0.3, 0.4) is 0 Å². The fourth-order valence-corrected chi connectivity index (χ4v) is 3.39. The van der Waals surface area contributed by atoms with Crippen molar-refractivity contribution in [1.29, 1.82) is 0 Å². The average Bonchev–Trinajstić information content (AvgIpc) is 2.63. The zero-order valence-corrected chi connectivity index (χ0v) is 16.2. The van der Waals surface area contributed by atoms with E-state index in [0.717, 1.165) is 16.7 Å². The zero-order chi connectivity index (χ0) is 19.4. The number of halogens is 1. The number of amides is 1. The maximum absolute atomic E-state index is 13.0. The van der Waals surface area contributed by atoms with E-state index in [1.165, 1.54) is 0 Å². The molecule has 5 nitrogen and oxygen atoms in total. The van der Waals surface area contributed by atoms with E-state index in [0.29, 0.717) is 29.1 Å². The standard InChI is InChI=1S/C20H23ClN2O3/c1-6-9-15-12(3)23(25)13(4)17(18(15)21)20(24)22-19-14(7-2)10-8-11-16(19)26-5/h6,8,10-11H,1,7,9H2,2-5H3,(H,22,24). The Kier molecular flexibility index (Phi) is 6.27. The van der Waals surface area contributed by atoms with Crippen molar-refractivity contribution in [3.05, 3.63) is 69.2 Å². The Morgan fingerprint density at radius 1 is 1.38 bits per heavy atom. The lowest BCUT2D eigenvalue weighted by Crippen LogP contribution is -2.38. The molecule has 1 aromatic carbocycles. The van der Waals surface area contributed by atoms with Gasteiger partial charge in [0.25, 0.3) is 5.91 Å². The number of hydrogen-bond acceptors (Lipinski definition) is 3. The molecule has 2 aromatic rings. The highest BCUT2D eigenvalue weighted by Gasteiger charge is 2.27. The summed E-state index contributed by atoms with van der Waals surface area (Å²) in [6, 6.07) is 5.55. The SMILES string of the molecule is C=CCc1c(Cl)c(C(=O)Nc2c(CC)cccc2OC)c(C)[n+]([O-])c1C. The van der Waals surface area contributed by atoms with E-state index in [4.69, 9.17) is 16.3 Å². The largest absolute Gasteiger partial charge is 0.618 e. The topological polar surface area (TPSA) is 65.3 Å². The molecule has 0 aliphatic rings. The van der Waals surface area contributed by atoms with Crippen LogP contribution in [0.2, 0.25) is 5.02 Å². The van der Waals surface area contributed by atoms with E-state index < -0.39 is 5.91 Å². The molecule has 0 saturated heterocycles. The smallest absolute Gasteiger partial charge is 0.263 e. The first-order valence-electron chi connectivity index (χ1n) is 8.36. The minimum atomic E-state index is -0.443. The van der Waals surface area contributed by atoms with Gasteiger partial charge in [0.05, 0.1) is 17.8 Å². The van der Waals surface area contributed by atoms with Crippen LogP contribution in [0, 0.1) is 19.1 Å². The number of nitrogens with zero attached hydrogens (tertiary/aromatic N) is 1. The highest BCUT2D eigenvalue weighted by atomic mass is 35.5. The third-order valence-electron chi connectivity index (χ3n) is 4.42. The van der Waals surface area contributed by atoms with E-state index in [2.05, 4.69) is 11.9 Å². The Morgan fingerprint density at radius 3 is 2.65 bits per heavy atom. The van der Waals surface area contributed by atoms with Crippen molar-refractivity contribution >= 4 is 23.2 Å². The Balaban J connectivity index is 2.57. The first-order valence-corrected chi connectivity index (χ1v) is 8.74. The highest BCUT2D eigenvalue weighted by Crippen LogP contribution is 2.31. The summed E-state index contributed by atoms with van der Waals surface area (Å²) < 4.78 is 6.10. The van der Waals surface area contributed by atoms with Crippen LogP contribution in [0.5, 0.6) is 5.75 Å². The first kappa shape index (κ1) is 19.8. The van der Waals surface area contributed by atoms with Crippen molar-refractivity contribution < 1.29 is 14.3 Å². The van der Waals surface area contributed by atoms with Crippen molar-refractivity contribution in [3.63, 3.8) is 0 Å². The van der Waals surface area contributed by atoms with Crippen LogP contribution in [-0.2, 0) is 12.8 Å². The van der Waals surface area contributed by atoms with Crippen molar-refractivity contribution in [2.45, 2.75) is 33.6 Å². The molecule has 2 rings (SSSR count). The minimum absolute atomic E-state index is 0.164. The number of pyridine rings is 1. The van der Waals surface area contributed by atoms with Gasteiger partial charge in [-0.25, -0.2) is 0 Å². The lowest BCUT2D eigenvalue weighted by molar-refractivity contribution is -0.619. The van der Waals surface area contributed by atoms with Crippen LogP contribution in [0.4, 0.5) is 5.69 Å². The van der Waals surface area contributed by atoms with Gasteiger partial charge in [-0.3, -0.25) is 4.79 Å². The van der Waals surface area contributed by atoms with Crippen LogP contribution in [0.15, 0.2) is 30.9 Å². The second-order valence-corrected chi connectivity index (χ2v) is 6.31. The number of nitrogens with one attached hydrogen (secondary N) is 1. The van der Waals surface area contributed by atoms with Gasteiger partial charge in [-0.05, 0) is 24.5 Å². The molecular weight excluding hydrogens is 352 g/mol. The number of para-hydroxylation sites is 1. The van der Waals surface area contributed by atoms with E-state index in [1.54, 1.807) is 33.1 Å². The summed E-state index contributed by atoms with van der Waals surface area (Å²) in [5.74, 6) is 0.113.